The van der Waals surface area contributed by atoms with Crippen LogP contribution in [0, 0.1) is 0 Å². The molecule has 0 bridgehead atoms. The molecule has 0 spiro atoms. The Morgan fingerprint density at radius 3 is 2.94 bits per heavy atom. The third kappa shape index (κ3) is 3.09. The van der Waals surface area contributed by atoms with Crippen LogP contribution in [-0.4, -0.2) is 18.1 Å². The molecule has 0 aromatic heterocycles. The van der Waals surface area contributed by atoms with Gasteiger partial charge in [-0.1, -0.05) is 0 Å². The maximum Gasteiger partial charge on any atom is 0.225 e. The van der Waals surface area contributed by atoms with E-state index in [4.69, 9.17) is 22.7 Å². The molecule has 16 heavy (non-hydrogen) atoms. The molecule has 1 aromatic rings. The van der Waals surface area contributed by atoms with Crippen LogP contribution in [0.5, 0.6) is 0 Å². The first-order valence-electron chi connectivity index (χ1n) is 4.71. The van der Waals surface area contributed by atoms with Crippen LogP contribution in [-0.2, 0) is 9.53 Å². The number of nitrogens with one attached hydrogen (secondary N) is 2. The lowest BCUT2D eigenvalue weighted by molar-refractivity contribution is -0.109. The van der Waals surface area contributed by atoms with Crippen LogP contribution in [0.2, 0.25) is 0 Å². The summed E-state index contributed by atoms with van der Waals surface area (Å²) in [6.07, 6.45) is 0.526. The summed E-state index contributed by atoms with van der Waals surface area (Å²) >= 11 is 5.04. The van der Waals surface area contributed by atoms with Crippen LogP contribution < -0.4 is 16.6 Å². The maximum absolute atomic E-state index is 10.1. The second-order valence-corrected chi connectivity index (χ2v) is 3.28. The second-order valence-electron chi connectivity index (χ2n) is 2.91. The average molecular weight is 239 g/mol. The van der Waals surface area contributed by atoms with E-state index in [0.717, 1.165) is 5.56 Å². The Kier molecular flexibility index (Phi) is 4.53. The third-order valence-corrected chi connectivity index (χ3v) is 2.18. The van der Waals surface area contributed by atoms with E-state index in [1.807, 2.05) is 6.92 Å². The van der Waals surface area contributed by atoms with Gasteiger partial charge in [-0.3, -0.25) is 15.6 Å². The summed E-state index contributed by atoms with van der Waals surface area (Å²) in [7, 11) is 0. The van der Waals surface area contributed by atoms with Crippen molar-refractivity contribution < 1.29 is 9.53 Å². The molecule has 86 valence electrons. The zero-order chi connectivity index (χ0) is 12.0. The van der Waals surface area contributed by atoms with Gasteiger partial charge in [-0.05, 0) is 37.3 Å². The van der Waals surface area contributed by atoms with E-state index in [9.17, 15) is 4.79 Å². The van der Waals surface area contributed by atoms with E-state index >= 15 is 0 Å². The normalized spacial score (nSPS) is 9.31. The number of anilines is 2. The molecule has 0 radical (unpaired) electrons. The lowest BCUT2D eigenvalue weighted by atomic mass is 10.2. The van der Waals surface area contributed by atoms with Crippen molar-refractivity contribution in [1.29, 1.82) is 0 Å². The SMILES string of the molecule is CCOC(=S)c1ccc(NNC=O)c(N)c1. The molecule has 1 rings (SSSR count). The molecule has 0 atom stereocenters. The fourth-order valence-corrected chi connectivity index (χ4v) is 1.37. The Balaban J connectivity index is 2.81. The van der Waals surface area contributed by atoms with Crippen molar-refractivity contribution in [3.63, 3.8) is 0 Å². The number of carbonyl (C=O) groups is 1. The summed E-state index contributed by atoms with van der Waals surface area (Å²) in [5.74, 6) is 0. The fourth-order valence-electron chi connectivity index (χ4n) is 1.13. The van der Waals surface area contributed by atoms with Gasteiger partial charge in [0.1, 0.15) is 0 Å². The monoisotopic (exact) mass is 239 g/mol. The predicted octanol–water partition coefficient (Wildman–Crippen LogP) is 1.05. The second kappa shape index (κ2) is 5.92. The molecule has 0 unspecified atom stereocenters. The molecule has 0 saturated heterocycles. The van der Waals surface area contributed by atoms with Crippen LogP contribution in [0.1, 0.15) is 12.5 Å². The van der Waals surface area contributed by atoms with Gasteiger partial charge in [0.25, 0.3) is 0 Å². The molecule has 5 nitrogen and oxygen atoms in total. The number of thiocarbonyl (C=S) groups is 1. The van der Waals surface area contributed by atoms with Crippen LogP contribution in [0.4, 0.5) is 11.4 Å². The van der Waals surface area contributed by atoms with Crippen LogP contribution >= 0.6 is 12.2 Å². The van der Waals surface area contributed by atoms with Gasteiger partial charge in [-0.25, -0.2) is 0 Å². The summed E-state index contributed by atoms with van der Waals surface area (Å²) in [6, 6.07) is 5.17. The minimum Gasteiger partial charge on any atom is -0.483 e. The van der Waals surface area contributed by atoms with Crippen LogP contribution in [0.15, 0.2) is 18.2 Å². The maximum atomic E-state index is 10.1. The van der Waals surface area contributed by atoms with Crippen LogP contribution in [0.3, 0.4) is 0 Å². The molecule has 1 aromatic carbocycles. The summed E-state index contributed by atoms with van der Waals surface area (Å²) in [6.45, 7) is 2.38. The first kappa shape index (κ1) is 12.3. The Morgan fingerprint density at radius 1 is 1.62 bits per heavy atom. The molecule has 1 amide bonds. The number of hydrogen-bond acceptors (Lipinski definition) is 5. The summed E-state index contributed by atoms with van der Waals surface area (Å²) in [5.41, 5.74) is 12.5. The molecule has 0 saturated carbocycles. The summed E-state index contributed by atoms with van der Waals surface area (Å²) in [4.78, 5) is 10.1. The first-order valence-corrected chi connectivity index (χ1v) is 5.11. The number of amides is 1. The summed E-state index contributed by atoms with van der Waals surface area (Å²) < 4.78 is 5.19. The van der Waals surface area contributed by atoms with E-state index in [-0.39, 0.29) is 0 Å². The van der Waals surface area contributed by atoms with E-state index in [1.165, 1.54) is 0 Å². The van der Waals surface area contributed by atoms with Gasteiger partial charge in [-0.2, -0.15) is 0 Å². The van der Waals surface area contributed by atoms with Gasteiger partial charge in [-0.15, -0.1) is 0 Å². The van der Waals surface area contributed by atoms with Gasteiger partial charge in [0.05, 0.1) is 18.0 Å². The van der Waals surface area contributed by atoms with Crippen molar-refractivity contribution in [2.24, 2.45) is 0 Å². The molecule has 4 N–H and O–H groups in total. The molecule has 0 aliphatic carbocycles. The average Bonchev–Trinajstić information content (AvgIpc) is 2.27. The minimum absolute atomic E-state index is 0.407. The molecular weight excluding hydrogens is 226 g/mol. The molecule has 6 heteroatoms. The molecule has 0 fully saturated rings. The van der Waals surface area contributed by atoms with Crippen molar-refractivity contribution in [2.45, 2.75) is 6.92 Å². The standard InChI is InChI=1S/C10H13N3O2S/c1-2-15-10(16)7-3-4-9(8(11)5-7)13-12-6-14/h3-6,13H,2,11H2,1H3,(H,12,14). The zero-order valence-corrected chi connectivity index (χ0v) is 9.64. The highest BCUT2D eigenvalue weighted by Gasteiger charge is 2.05. The fraction of sp³-hybridized carbons (Fsp3) is 0.200. The van der Waals surface area contributed by atoms with Gasteiger partial charge >= 0.3 is 0 Å². The lowest BCUT2D eigenvalue weighted by Crippen LogP contribution is -2.20. The predicted molar refractivity (Wildman–Crippen MR) is 67.0 cm³/mol. The van der Waals surface area contributed by atoms with Crippen molar-refractivity contribution in [3.05, 3.63) is 23.8 Å². The Bertz CT molecular complexity index is 396. The van der Waals surface area contributed by atoms with Gasteiger partial charge in [0.2, 0.25) is 6.41 Å². The first-order chi connectivity index (χ1) is 7.69. The van der Waals surface area contributed by atoms with Gasteiger partial charge < -0.3 is 10.5 Å². The third-order valence-electron chi connectivity index (χ3n) is 1.83. The number of rotatable bonds is 5. The highest BCUT2D eigenvalue weighted by molar-refractivity contribution is 7.80. The highest BCUT2D eigenvalue weighted by atomic mass is 32.1. The quantitative estimate of drug-likeness (QED) is 0.310. The lowest BCUT2D eigenvalue weighted by Gasteiger charge is -2.10. The number of nitrogen functional groups attached to an aromatic ring is 1. The van der Waals surface area contributed by atoms with Gasteiger partial charge in [0, 0.05) is 5.56 Å². The van der Waals surface area contributed by atoms with E-state index in [1.54, 1.807) is 18.2 Å². The number of hydrogen-bond donors (Lipinski definition) is 3. The van der Waals surface area contributed by atoms with Crippen molar-refractivity contribution in [1.82, 2.24) is 5.43 Å². The van der Waals surface area contributed by atoms with Crippen molar-refractivity contribution >= 4 is 35.1 Å². The van der Waals surface area contributed by atoms with Gasteiger partial charge in [0.15, 0.2) is 5.05 Å². The number of hydrazine groups is 1. The molecular formula is C10H13N3O2S. The minimum atomic E-state index is 0.407. The largest absolute Gasteiger partial charge is 0.483 e. The Labute approximate surface area is 98.9 Å². The molecule has 0 aliphatic heterocycles. The van der Waals surface area contributed by atoms with E-state index in [0.29, 0.717) is 29.4 Å². The zero-order valence-electron chi connectivity index (χ0n) is 8.82. The Morgan fingerprint density at radius 2 is 2.38 bits per heavy atom. The smallest absolute Gasteiger partial charge is 0.225 e. The highest BCUT2D eigenvalue weighted by Crippen LogP contribution is 2.19. The number of ether oxygens (including phenoxy) is 1. The van der Waals surface area contributed by atoms with E-state index in [2.05, 4.69) is 10.9 Å². The number of nitrogens with two attached hydrogens (primary N) is 1. The number of benzene rings is 1. The van der Waals surface area contributed by atoms with E-state index < -0.39 is 0 Å². The topological polar surface area (TPSA) is 76.4 Å². The van der Waals surface area contributed by atoms with Crippen molar-refractivity contribution in [2.75, 3.05) is 17.8 Å². The Hall–Kier alpha value is -1.82. The summed E-state index contributed by atoms with van der Waals surface area (Å²) in [5, 5.41) is 0.407. The van der Waals surface area contributed by atoms with Crippen molar-refractivity contribution in [3.8, 4) is 0 Å². The number of carbonyl (C=O) groups excluding carboxylic acids is 1. The molecule has 0 heterocycles. The molecule has 0 aliphatic rings. The van der Waals surface area contributed by atoms with Crippen LogP contribution in [0.25, 0.3) is 0 Å².